The Kier molecular flexibility index (Phi) is 5.51. The van der Waals surface area contributed by atoms with Crippen molar-refractivity contribution in [1.29, 1.82) is 0 Å². The van der Waals surface area contributed by atoms with Crippen LogP contribution in [-0.2, 0) is 17.6 Å². The number of nitrogens with zero attached hydrogens (tertiary/aromatic N) is 1. The van der Waals surface area contributed by atoms with Gasteiger partial charge in [-0.25, -0.2) is 4.79 Å². The second kappa shape index (κ2) is 7.84. The molecule has 6 heteroatoms. The minimum Gasteiger partial charge on any atom is -0.477 e. The zero-order valence-electron chi connectivity index (χ0n) is 15.3. The van der Waals surface area contributed by atoms with Gasteiger partial charge in [0.15, 0.2) is 0 Å². The molecule has 5 nitrogen and oxygen atoms in total. The van der Waals surface area contributed by atoms with E-state index in [1.807, 2.05) is 31.2 Å². The number of carbonyl (C=O) groups is 2. The summed E-state index contributed by atoms with van der Waals surface area (Å²) in [4.78, 5) is 29.2. The molecule has 27 heavy (non-hydrogen) atoms. The van der Waals surface area contributed by atoms with Crippen LogP contribution in [0.25, 0.3) is 10.9 Å². The lowest BCUT2D eigenvalue weighted by Crippen LogP contribution is -2.32. The molecular weight excluding hydrogens is 364 g/mol. The molecule has 0 spiro atoms. The summed E-state index contributed by atoms with van der Waals surface area (Å²) >= 11 is 6.08. The van der Waals surface area contributed by atoms with E-state index in [1.54, 1.807) is 23.1 Å². The van der Waals surface area contributed by atoms with Crippen molar-refractivity contribution >= 4 is 40.1 Å². The first kappa shape index (κ1) is 19.0. The fourth-order valence-corrected chi connectivity index (χ4v) is 3.45. The van der Waals surface area contributed by atoms with E-state index in [0.717, 1.165) is 17.7 Å². The minimum absolute atomic E-state index is 0.0217. The van der Waals surface area contributed by atoms with E-state index in [1.165, 1.54) is 0 Å². The van der Waals surface area contributed by atoms with Crippen LogP contribution in [0.3, 0.4) is 0 Å². The molecule has 3 rings (SSSR count). The molecule has 2 N–H and O–H groups in total. The molecule has 0 radical (unpaired) electrons. The van der Waals surface area contributed by atoms with Crippen molar-refractivity contribution in [3.63, 3.8) is 0 Å². The van der Waals surface area contributed by atoms with Gasteiger partial charge < -0.3 is 15.0 Å². The summed E-state index contributed by atoms with van der Waals surface area (Å²) in [6, 6.07) is 12.9. The zero-order chi connectivity index (χ0) is 19.6. The number of aromatic amines is 1. The van der Waals surface area contributed by atoms with Gasteiger partial charge in [-0.1, -0.05) is 30.7 Å². The van der Waals surface area contributed by atoms with Gasteiger partial charge in [-0.15, -0.1) is 0 Å². The lowest BCUT2D eigenvalue weighted by molar-refractivity contribution is -0.117. The monoisotopic (exact) mass is 384 g/mol. The Morgan fingerprint density at radius 1 is 1.15 bits per heavy atom. The normalized spacial score (nSPS) is 10.9. The van der Waals surface area contributed by atoms with E-state index in [0.29, 0.717) is 28.0 Å². The number of aromatic nitrogens is 1. The van der Waals surface area contributed by atoms with Crippen LogP contribution in [0, 0.1) is 0 Å². The van der Waals surface area contributed by atoms with Gasteiger partial charge in [0, 0.05) is 33.7 Å². The summed E-state index contributed by atoms with van der Waals surface area (Å²) in [5.74, 6) is -1.25. The number of anilines is 1. The number of hydrogen-bond donors (Lipinski definition) is 2. The second-order valence-corrected chi connectivity index (χ2v) is 6.75. The molecule has 0 unspecified atom stereocenters. The van der Waals surface area contributed by atoms with Crippen molar-refractivity contribution < 1.29 is 14.7 Å². The lowest BCUT2D eigenvalue weighted by Gasteiger charge is -2.22. The van der Waals surface area contributed by atoms with Crippen LogP contribution in [0.2, 0.25) is 5.02 Å². The molecule has 0 saturated heterocycles. The molecule has 3 aromatic rings. The number of benzene rings is 2. The Morgan fingerprint density at radius 2 is 1.93 bits per heavy atom. The van der Waals surface area contributed by atoms with Crippen molar-refractivity contribution in [2.24, 2.45) is 0 Å². The highest BCUT2D eigenvalue weighted by Crippen LogP contribution is 2.27. The number of halogens is 1. The molecule has 0 saturated carbocycles. The predicted molar refractivity (Wildman–Crippen MR) is 108 cm³/mol. The number of rotatable bonds is 6. The molecule has 1 heterocycles. The van der Waals surface area contributed by atoms with E-state index < -0.39 is 5.97 Å². The Labute approximate surface area is 162 Å². The number of carboxylic acid groups (broad SMARTS) is 1. The molecule has 0 aliphatic heterocycles. The highest BCUT2D eigenvalue weighted by molar-refractivity contribution is 6.31. The maximum atomic E-state index is 13.0. The van der Waals surface area contributed by atoms with Crippen molar-refractivity contribution in [1.82, 2.24) is 4.98 Å². The number of fused-ring (bicyclic) bond motifs is 1. The standard InChI is InChI=1S/C21H21ClN2O3/c1-3-13-6-5-7-15(10-13)24(4-2)19(25)12-17-16-11-14(22)8-9-18(16)23-20(17)21(26)27/h5-11,23H,3-4,12H2,1-2H3,(H,26,27). The molecular formula is C21H21ClN2O3. The summed E-state index contributed by atoms with van der Waals surface area (Å²) in [7, 11) is 0. The third-order valence-electron chi connectivity index (χ3n) is 4.66. The maximum Gasteiger partial charge on any atom is 0.352 e. The molecule has 2 aromatic carbocycles. The highest BCUT2D eigenvalue weighted by Gasteiger charge is 2.23. The molecule has 1 amide bonds. The summed E-state index contributed by atoms with van der Waals surface area (Å²) in [6.07, 6.45) is 0.857. The third kappa shape index (κ3) is 3.83. The number of carbonyl (C=O) groups excluding carboxylic acids is 1. The van der Waals surface area contributed by atoms with Crippen LogP contribution in [0.4, 0.5) is 5.69 Å². The highest BCUT2D eigenvalue weighted by atomic mass is 35.5. The minimum atomic E-state index is -1.10. The Balaban J connectivity index is 2.00. The maximum absolute atomic E-state index is 13.0. The van der Waals surface area contributed by atoms with E-state index in [-0.39, 0.29) is 18.0 Å². The summed E-state index contributed by atoms with van der Waals surface area (Å²) < 4.78 is 0. The molecule has 0 aliphatic rings. The van der Waals surface area contributed by atoms with Gasteiger partial charge in [-0.3, -0.25) is 4.79 Å². The Morgan fingerprint density at radius 3 is 2.59 bits per heavy atom. The first-order chi connectivity index (χ1) is 12.9. The fraction of sp³-hybridized carbons (Fsp3) is 0.238. The fourth-order valence-electron chi connectivity index (χ4n) is 3.28. The Bertz CT molecular complexity index is 1010. The van der Waals surface area contributed by atoms with Crippen LogP contribution < -0.4 is 4.90 Å². The average Bonchev–Trinajstić information content (AvgIpc) is 3.00. The average molecular weight is 385 g/mol. The number of amides is 1. The SMILES string of the molecule is CCc1cccc(N(CC)C(=O)Cc2c(C(=O)O)[nH]c3ccc(Cl)cc23)c1. The molecule has 0 atom stereocenters. The van der Waals surface area contributed by atoms with Crippen LogP contribution in [0.1, 0.15) is 35.5 Å². The second-order valence-electron chi connectivity index (χ2n) is 6.31. The zero-order valence-corrected chi connectivity index (χ0v) is 16.0. The lowest BCUT2D eigenvalue weighted by atomic mass is 10.1. The predicted octanol–water partition coefficient (Wildman–Crippen LogP) is 4.68. The van der Waals surface area contributed by atoms with Crippen LogP contribution in [0.15, 0.2) is 42.5 Å². The number of H-pyrrole nitrogens is 1. The van der Waals surface area contributed by atoms with Gasteiger partial charge in [0.1, 0.15) is 5.69 Å². The number of likely N-dealkylation sites (N-methyl/N-ethyl adjacent to an activating group) is 1. The molecule has 140 valence electrons. The van der Waals surface area contributed by atoms with E-state index in [2.05, 4.69) is 11.9 Å². The van der Waals surface area contributed by atoms with Gasteiger partial charge in [0.05, 0.1) is 6.42 Å². The summed E-state index contributed by atoms with van der Waals surface area (Å²) in [5.41, 5.74) is 3.09. The number of hydrogen-bond acceptors (Lipinski definition) is 2. The van der Waals surface area contributed by atoms with Crippen molar-refractivity contribution in [2.45, 2.75) is 26.7 Å². The number of nitrogens with one attached hydrogen (secondary N) is 1. The van der Waals surface area contributed by atoms with Gasteiger partial charge >= 0.3 is 5.97 Å². The molecule has 0 bridgehead atoms. The van der Waals surface area contributed by atoms with Gasteiger partial charge in [0.2, 0.25) is 5.91 Å². The Hall–Kier alpha value is -2.79. The van der Waals surface area contributed by atoms with Gasteiger partial charge in [-0.05, 0) is 49.2 Å². The van der Waals surface area contributed by atoms with Crippen molar-refractivity contribution in [3.8, 4) is 0 Å². The van der Waals surface area contributed by atoms with E-state index in [9.17, 15) is 14.7 Å². The van der Waals surface area contributed by atoms with Gasteiger partial charge in [-0.2, -0.15) is 0 Å². The number of aromatic carboxylic acids is 1. The van der Waals surface area contributed by atoms with E-state index in [4.69, 9.17) is 11.6 Å². The molecule has 0 fully saturated rings. The smallest absolute Gasteiger partial charge is 0.352 e. The van der Waals surface area contributed by atoms with Crippen molar-refractivity contribution in [2.75, 3.05) is 11.4 Å². The number of carboxylic acids is 1. The van der Waals surface area contributed by atoms with Crippen LogP contribution >= 0.6 is 11.6 Å². The first-order valence-electron chi connectivity index (χ1n) is 8.87. The number of aryl methyl sites for hydroxylation is 1. The topological polar surface area (TPSA) is 73.4 Å². The third-order valence-corrected chi connectivity index (χ3v) is 4.89. The largest absolute Gasteiger partial charge is 0.477 e. The molecule has 1 aromatic heterocycles. The van der Waals surface area contributed by atoms with Gasteiger partial charge in [0.25, 0.3) is 0 Å². The summed E-state index contributed by atoms with van der Waals surface area (Å²) in [6.45, 7) is 4.46. The summed E-state index contributed by atoms with van der Waals surface area (Å²) in [5, 5.41) is 10.7. The quantitative estimate of drug-likeness (QED) is 0.648. The molecule has 0 aliphatic carbocycles. The van der Waals surface area contributed by atoms with Crippen LogP contribution in [-0.4, -0.2) is 28.5 Å². The first-order valence-corrected chi connectivity index (χ1v) is 9.25. The van der Waals surface area contributed by atoms with Crippen LogP contribution in [0.5, 0.6) is 0 Å². The van der Waals surface area contributed by atoms with E-state index >= 15 is 0 Å². The van der Waals surface area contributed by atoms with Crippen molar-refractivity contribution in [3.05, 3.63) is 64.3 Å².